The average Bonchev–Trinajstić information content (AvgIpc) is 3.09. The van der Waals surface area contributed by atoms with E-state index in [1.165, 1.54) is 6.07 Å². The number of aromatic nitrogens is 2. The standard InChI is InChI=1S/C17H20FN3O2/c1-11-13(10-19-21(11)2)17-15(7-8-23-17)20-16(22)9-12-5-3-4-6-14(12)18/h3-6,10,15,17H,7-9H2,1-2H3,(H,20,22)/t15-,17+/m0/s1. The summed E-state index contributed by atoms with van der Waals surface area (Å²) in [7, 11) is 1.87. The van der Waals surface area contributed by atoms with Crippen molar-refractivity contribution in [2.45, 2.75) is 31.9 Å². The zero-order valence-electron chi connectivity index (χ0n) is 13.3. The number of nitrogens with one attached hydrogen (secondary N) is 1. The van der Waals surface area contributed by atoms with Crippen LogP contribution in [0, 0.1) is 12.7 Å². The van der Waals surface area contributed by atoms with E-state index in [1.807, 2.05) is 14.0 Å². The van der Waals surface area contributed by atoms with E-state index in [9.17, 15) is 9.18 Å². The number of ether oxygens (including phenoxy) is 1. The molecule has 2 atom stereocenters. The second-order valence-electron chi connectivity index (χ2n) is 5.83. The Morgan fingerprint density at radius 2 is 2.26 bits per heavy atom. The summed E-state index contributed by atoms with van der Waals surface area (Å²) in [6.45, 7) is 2.56. The molecule has 1 fully saturated rings. The van der Waals surface area contributed by atoms with E-state index in [4.69, 9.17) is 4.74 Å². The van der Waals surface area contributed by atoms with Crippen molar-refractivity contribution in [3.05, 3.63) is 53.1 Å². The molecule has 23 heavy (non-hydrogen) atoms. The summed E-state index contributed by atoms with van der Waals surface area (Å²) < 4.78 is 21.2. The minimum Gasteiger partial charge on any atom is -0.371 e. The molecule has 0 spiro atoms. The summed E-state index contributed by atoms with van der Waals surface area (Å²) in [5, 5.41) is 7.20. The van der Waals surface area contributed by atoms with Crippen LogP contribution in [0.4, 0.5) is 4.39 Å². The Labute approximate surface area is 134 Å². The van der Waals surface area contributed by atoms with Crippen LogP contribution in [0.3, 0.4) is 0 Å². The molecular weight excluding hydrogens is 297 g/mol. The second-order valence-corrected chi connectivity index (χ2v) is 5.83. The fraction of sp³-hybridized carbons (Fsp3) is 0.412. The van der Waals surface area contributed by atoms with E-state index in [2.05, 4.69) is 10.4 Å². The van der Waals surface area contributed by atoms with Gasteiger partial charge in [0.1, 0.15) is 11.9 Å². The second kappa shape index (κ2) is 6.50. The number of halogens is 1. The topological polar surface area (TPSA) is 56.1 Å². The van der Waals surface area contributed by atoms with E-state index < -0.39 is 0 Å². The van der Waals surface area contributed by atoms with Gasteiger partial charge in [-0.1, -0.05) is 18.2 Å². The highest BCUT2D eigenvalue weighted by Crippen LogP contribution is 2.31. The van der Waals surface area contributed by atoms with Gasteiger partial charge < -0.3 is 10.1 Å². The number of carbonyl (C=O) groups excluding carboxylic acids is 1. The molecule has 2 heterocycles. The Hall–Kier alpha value is -2.21. The van der Waals surface area contributed by atoms with Crippen LogP contribution in [0.2, 0.25) is 0 Å². The summed E-state index contributed by atoms with van der Waals surface area (Å²) in [6, 6.07) is 6.22. The minimum atomic E-state index is -0.357. The number of nitrogens with zero attached hydrogens (tertiary/aromatic N) is 2. The number of hydrogen-bond donors (Lipinski definition) is 1. The van der Waals surface area contributed by atoms with E-state index in [0.29, 0.717) is 12.2 Å². The lowest BCUT2D eigenvalue weighted by molar-refractivity contribution is -0.121. The molecule has 0 aliphatic carbocycles. The van der Waals surface area contributed by atoms with Gasteiger partial charge in [0.25, 0.3) is 0 Å². The van der Waals surface area contributed by atoms with Crippen LogP contribution >= 0.6 is 0 Å². The van der Waals surface area contributed by atoms with Crippen LogP contribution in [-0.4, -0.2) is 28.3 Å². The highest BCUT2D eigenvalue weighted by atomic mass is 19.1. The molecule has 0 bridgehead atoms. The molecule has 122 valence electrons. The first kappa shape index (κ1) is 15.7. The van der Waals surface area contributed by atoms with Gasteiger partial charge in [-0.3, -0.25) is 9.48 Å². The van der Waals surface area contributed by atoms with Gasteiger partial charge in [0.15, 0.2) is 0 Å². The van der Waals surface area contributed by atoms with Crippen LogP contribution in [0.5, 0.6) is 0 Å². The third-order valence-corrected chi connectivity index (χ3v) is 4.33. The summed E-state index contributed by atoms with van der Waals surface area (Å²) in [5.41, 5.74) is 2.41. The highest BCUT2D eigenvalue weighted by molar-refractivity contribution is 5.79. The number of rotatable bonds is 4. The van der Waals surface area contributed by atoms with Crippen molar-refractivity contribution < 1.29 is 13.9 Å². The molecule has 5 nitrogen and oxygen atoms in total. The Balaban J connectivity index is 1.68. The van der Waals surface area contributed by atoms with Crippen molar-refractivity contribution >= 4 is 5.91 Å². The Morgan fingerprint density at radius 3 is 2.96 bits per heavy atom. The van der Waals surface area contributed by atoms with Gasteiger partial charge in [-0.25, -0.2) is 4.39 Å². The molecule has 0 saturated carbocycles. The molecule has 0 unspecified atom stereocenters. The molecule has 3 rings (SSSR count). The Bertz CT molecular complexity index is 714. The Kier molecular flexibility index (Phi) is 4.43. The molecular formula is C17H20FN3O2. The number of benzene rings is 1. The lowest BCUT2D eigenvalue weighted by Gasteiger charge is -2.20. The molecule has 1 aromatic heterocycles. The molecule has 2 aromatic rings. The number of carbonyl (C=O) groups is 1. The van der Waals surface area contributed by atoms with E-state index in [0.717, 1.165) is 17.7 Å². The van der Waals surface area contributed by atoms with Crippen molar-refractivity contribution in [1.82, 2.24) is 15.1 Å². The maximum Gasteiger partial charge on any atom is 0.224 e. The van der Waals surface area contributed by atoms with Gasteiger partial charge in [0.05, 0.1) is 18.7 Å². The fourth-order valence-corrected chi connectivity index (χ4v) is 2.91. The predicted octanol–water partition coefficient (Wildman–Crippen LogP) is 2.06. The molecule has 6 heteroatoms. The first-order chi connectivity index (χ1) is 11.1. The van der Waals surface area contributed by atoms with Crippen LogP contribution in [0.1, 0.15) is 29.3 Å². The largest absolute Gasteiger partial charge is 0.371 e. The van der Waals surface area contributed by atoms with Crippen molar-refractivity contribution in [3.63, 3.8) is 0 Å². The zero-order chi connectivity index (χ0) is 16.4. The van der Waals surface area contributed by atoms with E-state index in [1.54, 1.807) is 29.1 Å². The monoisotopic (exact) mass is 317 g/mol. The van der Waals surface area contributed by atoms with Gasteiger partial charge in [0.2, 0.25) is 5.91 Å². The average molecular weight is 317 g/mol. The van der Waals surface area contributed by atoms with Crippen LogP contribution < -0.4 is 5.32 Å². The SMILES string of the molecule is Cc1c([C@H]2OCC[C@@H]2NC(=O)Cc2ccccc2F)cnn1C. The summed E-state index contributed by atoms with van der Waals surface area (Å²) >= 11 is 0. The molecule has 1 saturated heterocycles. The minimum absolute atomic E-state index is 0.0297. The summed E-state index contributed by atoms with van der Waals surface area (Å²) in [5.74, 6) is -0.554. The number of amides is 1. The van der Waals surface area contributed by atoms with Gasteiger partial charge in [-0.05, 0) is 25.0 Å². The molecule has 1 aliphatic heterocycles. The van der Waals surface area contributed by atoms with Gasteiger partial charge in [-0.15, -0.1) is 0 Å². The van der Waals surface area contributed by atoms with Crippen molar-refractivity contribution in [3.8, 4) is 0 Å². The van der Waals surface area contributed by atoms with Gasteiger partial charge in [0, 0.05) is 24.9 Å². The lowest BCUT2D eigenvalue weighted by atomic mass is 10.0. The zero-order valence-corrected chi connectivity index (χ0v) is 13.3. The first-order valence-electron chi connectivity index (χ1n) is 7.69. The van der Waals surface area contributed by atoms with E-state index >= 15 is 0 Å². The predicted molar refractivity (Wildman–Crippen MR) is 83.3 cm³/mol. The van der Waals surface area contributed by atoms with Crippen molar-refractivity contribution in [2.24, 2.45) is 7.05 Å². The Morgan fingerprint density at radius 1 is 1.48 bits per heavy atom. The smallest absolute Gasteiger partial charge is 0.224 e. The van der Waals surface area contributed by atoms with Crippen LogP contribution in [0.15, 0.2) is 30.5 Å². The summed E-state index contributed by atoms with van der Waals surface area (Å²) in [4.78, 5) is 12.2. The maximum atomic E-state index is 13.6. The van der Waals surface area contributed by atoms with Crippen molar-refractivity contribution in [2.75, 3.05) is 6.61 Å². The maximum absolute atomic E-state index is 13.6. The number of aryl methyl sites for hydroxylation is 1. The molecule has 1 amide bonds. The van der Waals surface area contributed by atoms with Crippen molar-refractivity contribution in [1.29, 1.82) is 0 Å². The quantitative estimate of drug-likeness (QED) is 0.939. The first-order valence-corrected chi connectivity index (χ1v) is 7.69. The number of hydrogen-bond acceptors (Lipinski definition) is 3. The lowest BCUT2D eigenvalue weighted by Crippen LogP contribution is -2.38. The van der Waals surface area contributed by atoms with Crippen LogP contribution in [-0.2, 0) is 23.0 Å². The normalized spacial score (nSPS) is 20.7. The van der Waals surface area contributed by atoms with Gasteiger partial charge >= 0.3 is 0 Å². The third-order valence-electron chi connectivity index (χ3n) is 4.33. The molecule has 1 aromatic carbocycles. The molecule has 0 radical (unpaired) electrons. The van der Waals surface area contributed by atoms with E-state index in [-0.39, 0.29) is 30.3 Å². The summed E-state index contributed by atoms with van der Waals surface area (Å²) in [6.07, 6.45) is 2.35. The highest BCUT2D eigenvalue weighted by Gasteiger charge is 2.33. The fourth-order valence-electron chi connectivity index (χ4n) is 2.91. The van der Waals surface area contributed by atoms with Crippen LogP contribution in [0.25, 0.3) is 0 Å². The third kappa shape index (κ3) is 3.27. The molecule has 1 N–H and O–H groups in total. The van der Waals surface area contributed by atoms with Gasteiger partial charge in [-0.2, -0.15) is 5.10 Å². The molecule has 1 aliphatic rings.